The summed E-state index contributed by atoms with van der Waals surface area (Å²) < 4.78 is 0. The molecular formula is C15H29N. The van der Waals surface area contributed by atoms with Crippen molar-refractivity contribution in [3.05, 3.63) is 0 Å². The van der Waals surface area contributed by atoms with Crippen molar-refractivity contribution >= 4 is 0 Å². The minimum atomic E-state index is 0.849. The van der Waals surface area contributed by atoms with E-state index < -0.39 is 0 Å². The molecule has 2 rings (SSSR count). The van der Waals surface area contributed by atoms with Gasteiger partial charge < -0.3 is 5.32 Å². The van der Waals surface area contributed by atoms with Crippen molar-refractivity contribution < 1.29 is 0 Å². The Balaban J connectivity index is 1.62. The molecule has 0 aliphatic heterocycles. The highest BCUT2D eigenvalue weighted by molar-refractivity contribution is 4.76. The van der Waals surface area contributed by atoms with Gasteiger partial charge in [-0.05, 0) is 44.1 Å². The van der Waals surface area contributed by atoms with E-state index in [0.29, 0.717) is 0 Å². The molecule has 2 saturated carbocycles. The molecule has 0 heterocycles. The van der Waals surface area contributed by atoms with Crippen LogP contribution in [-0.2, 0) is 0 Å². The molecule has 0 radical (unpaired) electrons. The predicted octanol–water partition coefficient (Wildman–Crippen LogP) is 4.13. The van der Waals surface area contributed by atoms with Crippen LogP contribution in [0.5, 0.6) is 0 Å². The predicted molar refractivity (Wildman–Crippen MR) is 70.6 cm³/mol. The molecule has 0 spiro atoms. The zero-order chi connectivity index (χ0) is 11.2. The van der Waals surface area contributed by atoms with Crippen LogP contribution in [0.2, 0.25) is 0 Å². The minimum Gasteiger partial charge on any atom is -0.314 e. The van der Waals surface area contributed by atoms with Crippen LogP contribution in [0.1, 0.15) is 71.1 Å². The SMILES string of the molecule is CC1CCC(CNC2CCCCCC2)CC1. The highest BCUT2D eigenvalue weighted by Crippen LogP contribution is 2.28. The average Bonchev–Trinajstić information content (AvgIpc) is 2.57. The van der Waals surface area contributed by atoms with Crippen molar-refractivity contribution in [3.8, 4) is 0 Å². The summed E-state index contributed by atoms with van der Waals surface area (Å²) in [5, 5.41) is 3.85. The van der Waals surface area contributed by atoms with E-state index >= 15 is 0 Å². The van der Waals surface area contributed by atoms with Gasteiger partial charge in [-0.3, -0.25) is 0 Å². The monoisotopic (exact) mass is 223 g/mol. The van der Waals surface area contributed by atoms with Gasteiger partial charge in [0.05, 0.1) is 0 Å². The molecule has 2 fully saturated rings. The lowest BCUT2D eigenvalue weighted by Gasteiger charge is -2.28. The summed E-state index contributed by atoms with van der Waals surface area (Å²) in [5.74, 6) is 1.98. The molecule has 2 aliphatic carbocycles. The van der Waals surface area contributed by atoms with Gasteiger partial charge in [0.25, 0.3) is 0 Å². The molecule has 16 heavy (non-hydrogen) atoms. The molecule has 1 heteroatoms. The summed E-state index contributed by atoms with van der Waals surface area (Å²) in [7, 11) is 0. The molecule has 1 nitrogen and oxygen atoms in total. The van der Waals surface area contributed by atoms with Gasteiger partial charge in [-0.25, -0.2) is 0 Å². The molecule has 1 N–H and O–H groups in total. The van der Waals surface area contributed by atoms with Crippen molar-refractivity contribution in [3.63, 3.8) is 0 Å². The van der Waals surface area contributed by atoms with Crippen molar-refractivity contribution in [2.45, 2.75) is 77.2 Å². The molecule has 0 unspecified atom stereocenters. The second kappa shape index (κ2) is 6.64. The van der Waals surface area contributed by atoms with E-state index in [1.54, 1.807) is 0 Å². The molecule has 2 aliphatic rings. The van der Waals surface area contributed by atoms with Crippen LogP contribution in [0.25, 0.3) is 0 Å². The zero-order valence-electron chi connectivity index (χ0n) is 11.0. The molecule has 0 saturated heterocycles. The van der Waals surface area contributed by atoms with E-state index in [4.69, 9.17) is 0 Å². The summed E-state index contributed by atoms with van der Waals surface area (Å²) in [4.78, 5) is 0. The van der Waals surface area contributed by atoms with E-state index in [2.05, 4.69) is 12.2 Å². The number of hydrogen-bond acceptors (Lipinski definition) is 1. The summed E-state index contributed by atoms with van der Waals surface area (Å²) in [6.45, 7) is 3.71. The molecule has 0 amide bonds. The van der Waals surface area contributed by atoms with Crippen molar-refractivity contribution in [2.75, 3.05) is 6.54 Å². The first kappa shape index (κ1) is 12.4. The maximum Gasteiger partial charge on any atom is 0.00671 e. The highest BCUT2D eigenvalue weighted by Gasteiger charge is 2.19. The summed E-state index contributed by atoms with van der Waals surface area (Å²) in [6.07, 6.45) is 14.6. The smallest absolute Gasteiger partial charge is 0.00671 e. The van der Waals surface area contributed by atoms with Crippen molar-refractivity contribution in [1.82, 2.24) is 5.32 Å². The van der Waals surface area contributed by atoms with Crippen LogP contribution in [0.15, 0.2) is 0 Å². The fourth-order valence-corrected chi connectivity index (χ4v) is 3.35. The zero-order valence-corrected chi connectivity index (χ0v) is 11.0. The van der Waals surface area contributed by atoms with E-state index in [1.807, 2.05) is 0 Å². The first-order valence-corrected chi connectivity index (χ1v) is 7.58. The van der Waals surface area contributed by atoms with Crippen LogP contribution in [0, 0.1) is 11.8 Å². The Labute approximate surface area is 101 Å². The highest BCUT2D eigenvalue weighted by atomic mass is 14.9. The van der Waals surface area contributed by atoms with E-state index in [-0.39, 0.29) is 0 Å². The first-order chi connectivity index (χ1) is 7.84. The Kier molecular flexibility index (Phi) is 5.15. The Bertz CT molecular complexity index is 174. The van der Waals surface area contributed by atoms with Crippen LogP contribution in [-0.4, -0.2) is 12.6 Å². The second-order valence-electron chi connectivity index (χ2n) is 6.22. The lowest BCUT2D eigenvalue weighted by Crippen LogP contribution is -2.34. The number of hydrogen-bond donors (Lipinski definition) is 1. The summed E-state index contributed by atoms with van der Waals surface area (Å²) >= 11 is 0. The average molecular weight is 223 g/mol. The van der Waals surface area contributed by atoms with Gasteiger partial charge in [0.1, 0.15) is 0 Å². The Morgan fingerprint density at radius 2 is 1.44 bits per heavy atom. The molecule has 0 aromatic carbocycles. The van der Waals surface area contributed by atoms with Crippen molar-refractivity contribution in [2.24, 2.45) is 11.8 Å². The van der Waals surface area contributed by atoms with Gasteiger partial charge in [-0.15, -0.1) is 0 Å². The molecule has 0 atom stereocenters. The third kappa shape index (κ3) is 4.08. The molecular weight excluding hydrogens is 194 g/mol. The Hall–Kier alpha value is -0.0400. The normalized spacial score (nSPS) is 33.6. The van der Waals surface area contributed by atoms with Crippen molar-refractivity contribution in [1.29, 1.82) is 0 Å². The van der Waals surface area contributed by atoms with Gasteiger partial charge in [0.2, 0.25) is 0 Å². The molecule has 0 bridgehead atoms. The maximum absolute atomic E-state index is 3.85. The largest absolute Gasteiger partial charge is 0.314 e. The van der Waals surface area contributed by atoms with Gasteiger partial charge >= 0.3 is 0 Å². The van der Waals surface area contributed by atoms with E-state index in [0.717, 1.165) is 17.9 Å². The first-order valence-electron chi connectivity index (χ1n) is 7.58. The van der Waals surface area contributed by atoms with Crippen LogP contribution >= 0.6 is 0 Å². The van der Waals surface area contributed by atoms with Gasteiger partial charge in [-0.1, -0.05) is 45.4 Å². The standard InChI is InChI=1S/C15H29N/c1-13-8-10-14(11-9-13)12-16-15-6-4-2-3-5-7-15/h13-16H,2-12H2,1H3. The number of rotatable bonds is 3. The van der Waals surface area contributed by atoms with Gasteiger partial charge in [0, 0.05) is 6.04 Å². The molecule has 0 aromatic heterocycles. The number of nitrogens with one attached hydrogen (secondary N) is 1. The van der Waals surface area contributed by atoms with Crippen LogP contribution < -0.4 is 5.32 Å². The Morgan fingerprint density at radius 3 is 2.06 bits per heavy atom. The lowest BCUT2D eigenvalue weighted by molar-refractivity contribution is 0.270. The van der Waals surface area contributed by atoms with E-state index in [9.17, 15) is 0 Å². The summed E-state index contributed by atoms with van der Waals surface area (Å²) in [6, 6.07) is 0.849. The quantitative estimate of drug-likeness (QED) is 0.710. The topological polar surface area (TPSA) is 12.0 Å². The van der Waals surface area contributed by atoms with E-state index in [1.165, 1.54) is 70.8 Å². The second-order valence-corrected chi connectivity index (χ2v) is 6.22. The molecule has 94 valence electrons. The Morgan fingerprint density at radius 1 is 0.812 bits per heavy atom. The maximum atomic E-state index is 3.85. The van der Waals surface area contributed by atoms with Gasteiger partial charge in [-0.2, -0.15) is 0 Å². The third-order valence-electron chi connectivity index (χ3n) is 4.69. The van der Waals surface area contributed by atoms with Crippen LogP contribution in [0.3, 0.4) is 0 Å². The minimum absolute atomic E-state index is 0.849. The lowest BCUT2D eigenvalue weighted by atomic mass is 9.83. The third-order valence-corrected chi connectivity index (χ3v) is 4.69. The van der Waals surface area contributed by atoms with Gasteiger partial charge in [0.15, 0.2) is 0 Å². The fraction of sp³-hybridized carbons (Fsp3) is 1.00. The van der Waals surface area contributed by atoms with Crippen LogP contribution in [0.4, 0.5) is 0 Å². The summed E-state index contributed by atoms with van der Waals surface area (Å²) in [5.41, 5.74) is 0. The molecule has 0 aromatic rings. The fourth-order valence-electron chi connectivity index (χ4n) is 3.35.